The molecule has 19 heavy (non-hydrogen) atoms. The van der Waals surface area contributed by atoms with Gasteiger partial charge >= 0.3 is 0 Å². The number of pyridine rings is 2. The Hall–Kier alpha value is -1.70. The van der Waals surface area contributed by atoms with Crippen LogP contribution in [0.25, 0.3) is 11.1 Å². The molecule has 0 N–H and O–H groups in total. The van der Waals surface area contributed by atoms with Crippen molar-refractivity contribution in [3.05, 3.63) is 47.0 Å². The molecule has 100 valence electrons. The van der Waals surface area contributed by atoms with Crippen molar-refractivity contribution >= 4 is 0 Å². The maximum absolute atomic E-state index is 4.52. The van der Waals surface area contributed by atoms with E-state index >= 15 is 0 Å². The molecule has 2 rings (SSSR count). The maximum atomic E-state index is 4.52. The van der Waals surface area contributed by atoms with Gasteiger partial charge in [0, 0.05) is 23.8 Å². The predicted molar refractivity (Wildman–Crippen MR) is 80.4 cm³/mol. The number of hydrogen-bond acceptors (Lipinski definition) is 2. The summed E-state index contributed by atoms with van der Waals surface area (Å²) in [6.07, 6.45) is 4.81. The number of aryl methyl sites for hydroxylation is 1. The molecule has 0 bridgehead atoms. The molecule has 2 heteroatoms. The van der Waals surface area contributed by atoms with Crippen molar-refractivity contribution in [2.24, 2.45) is 0 Å². The van der Waals surface area contributed by atoms with Gasteiger partial charge in [-0.3, -0.25) is 9.97 Å². The van der Waals surface area contributed by atoms with E-state index in [1.807, 2.05) is 12.4 Å². The van der Waals surface area contributed by atoms with E-state index in [0.717, 1.165) is 6.42 Å². The summed E-state index contributed by atoms with van der Waals surface area (Å²) < 4.78 is 0. The highest BCUT2D eigenvalue weighted by Crippen LogP contribution is 2.30. The quantitative estimate of drug-likeness (QED) is 0.809. The van der Waals surface area contributed by atoms with E-state index in [4.69, 9.17) is 0 Å². The third-order valence-electron chi connectivity index (χ3n) is 3.72. The average Bonchev–Trinajstić information content (AvgIpc) is 2.39. The average molecular weight is 254 g/mol. The summed E-state index contributed by atoms with van der Waals surface area (Å²) in [5.74, 6) is 0.452. The van der Waals surface area contributed by atoms with Crippen LogP contribution in [0.15, 0.2) is 24.5 Å². The van der Waals surface area contributed by atoms with E-state index in [0.29, 0.717) is 5.92 Å². The van der Waals surface area contributed by atoms with Crippen LogP contribution in [0, 0.1) is 13.8 Å². The Labute approximate surface area is 115 Å². The summed E-state index contributed by atoms with van der Waals surface area (Å²) in [5.41, 5.74) is 7.51. The zero-order valence-corrected chi connectivity index (χ0v) is 12.5. The van der Waals surface area contributed by atoms with E-state index in [2.05, 4.69) is 56.7 Å². The van der Waals surface area contributed by atoms with E-state index in [-0.39, 0.29) is 0 Å². The molecule has 0 unspecified atom stereocenters. The first-order valence-electron chi connectivity index (χ1n) is 6.96. The number of nitrogens with zero attached hydrogens (tertiary/aromatic N) is 2. The summed E-state index contributed by atoms with van der Waals surface area (Å²) in [6, 6.07) is 4.23. The summed E-state index contributed by atoms with van der Waals surface area (Å²) in [6.45, 7) is 10.9. The molecule has 0 aromatic carbocycles. The SMILES string of the molecule is CCc1nccc(-c2ccnc(C(C)C)c2C)c1C. The van der Waals surface area contributed by atoms with Crippen LogP contribution in [0.2, 0.25) is 0 Å². The van der Waals surface area contributed by atoms with Gasteiger partial charge in [-0.05, 0) is 60.6 Å². The smallest absolute Gasteiger partial charge is 0.0464 e. The minimum Gasteiger partial charge on any atom is -0.261 e. The normalized spacial score (nSPS) is 11.1. The highest BCUT2D eigenvalue weighted by Gasteiger charge is 2.13. The van der Waals surface area contributed by atoms with Gasteiger partial charge in [0.1, 0.15) is 0 Å². The van der Waals surface area contributed by atoms with E-state index in [1.165, 1.54) is 33.6 Å². The molecule has 2 aromatic heterocycles. The van der Waals surface area contributed by atoms with Crippen molar-refractivity contribution in [1.82, 2.24) is 9.97 Å². The summed E-state index contributed by atoms with van der Waals surface area (Å²) >= 11 is 0. The van der Waals surface area contributed by atoms with Crippen LogP contribution in [0.5, 0.6) is 0 Å². The molecule has 0 amide bonds. The highest BCUT2D eigenvalue weighted by atomic mass is 14.7. The minimum absolute atomic E-state index is 0.452. The topological polar surface area (TPSA) is 25.8 Å². The molecule has 0 spiro atoms. The van der Waals surface area contributed by atoms with E-state index in [9.17, 15) is 0 Å². The Kier molecular flexibility index (Phi) is 3.98. The lowest BCUT2D eigenvalue weighted by Gasteiger charge is -2.15. The van der Waals surface area contributed by atoms with Gasteiger partial charge in [-0.1, -0.05) is 20.8 Å². The Morgan fingerprint density at radius 3 is 2.11 bits per heavy atom. The second kappa shape index (κ2) is 5.52. The number of rotatable bonds is 3. The van der Waals surface area contributed by atoms with E-state index < -0.39 is 0 Å². The standard InChI is InChI=1S/C17H22N2/c1-6-16-12(4)14(7-9-18-16)15-8-10-19-17(11(2)3)13(15)5/h7-11H,6H2,1-5H3. The third kappa shape index (κ3) is 2.53. The Bertz CT molecular complexity index is 586. The summed E-state index contributed by atoms with van der Waals surface area (Å²) in [7, 11) is 0. The summed E-state index contributed by atoms with van der Waals surface area (Å²) in [5, 5.41) is 0. The van der Waals surface area contributed by atoms with Gasteiger partial charge in [0.25, 0.3) is 0 Å². The Morgan fingerprint density at radius 1 is 0.947 bits per heavy atom. The van der Waals surface area contributed by atoms with Gasteiger partial charge in [-0.15, -0.1) is 0 Å². The first kappa shape index (κ1) is 13.7. The lowest BCUT2D eigenvalue weighted by atomic mass is 9.93. The Morgan fingerprint density at radius 2 is 1.53 bits per heavy atom. The van der Waals surface area contributed by atoms with Gasteiger partial charge in [0.2, 0.25) is 0 Å². The van der Waals surface area contributed by atoms with Crippen LogP contribution < -0.4 is 0 Å². The van der Waals surface area contributed by atoms with Crippen molar-refractivity contribution in [2.45, 2.75) is 47.0 Å². The van der Waals surface area contributed by atoms with Crippen molar-refractivity contribution in [1.29, 1.82) is 0 Å². The van der Waals surface area contributed by atoms with Gasteiger partial charge in [-0.2, -0.15) is 0 Å². The third-order valence-corrected chi connectivity index (χ3v) is 3.72. The van der Waals surface area contributed by atoms with Crippen LogP contribution in [0.4, 0.5) is 0 Å². The lowest BCUT2D eigenvalue weighted by Crippen LogP contribution is -2.00. The first-order chi connectivity index (χ1) is 9.06. The fourth-order valence-electron chi connectivity index (χ4n) is 2.65. The van der Waals surface area contributed by atoms with Gasteiger partial charge < -0.3 is 0 Å². The maximum Gasteiger partial charge on any atom is 0.0464 e. The molecule has 0 fully saturated rings. The van der Waals surface area contributed by atoms with Crippen LogP contribution in [0.3, 0.4) is 0 Å². The van der Waals surface area contributed by atoms with Crippen LogP contribution in [-0.4, -0.2) is 9.97 Å². The largest absolute Gasteiger partial charge is 0.261 e. The molecular weight excluding hydrogens is 232 g/mol. The molecule has 2 nitrogen and oxygen atoms in total. The zero-order chi connectivity index (χ0) is 14.0. The van der Waals surface area contributed by atoms with Crippen molar-refractivity contribution in [3.63, 3.8) is 0 Å². The zero-order valence-electron chi connectivity index (χ0n) is 12.5. The van der Waals surface area contributed by atoms with Crippen LogP contribution in [0.1, 0.15) is 49.2 Å². The van der Waals surface area contributed by atoms with Gasteiger partial charge in [0.15, 0.2) is 0 Å². The van der Waals surface area contributed by atoms with Gasteiger partial charge in [-0.25, -0.2) is 0 Å². The highest BCUT2D eigenvalue weighted by molar-refractivity contribution is 5.71. The molecule has 0 aliphatic rings. The second-order valence-electron chi connectivity index (χ2n) is 5.31. The molecule has 2 aromatic rings. The molecule has 0 atom stereocenters. The molecule has 0 aliphatic heterocycles. The fraction of sp³-hybridized carbons (Fsp3) is 0.412. The number of hydrogen-bond donors (Lipinski definition) is 0. The molecule has 0 radical (unpaired) electrons. The fourth-order valence-corrected chi connectivity index (χ4v) is 2.65. The lowest BCUT2D eigenvalue weighted by molar-refractivity contribution is 0.812. The second-order valence-corrected chi connectivity index (χ2v) is 5.31. The first-order valence-corrected chi connectivity index (χ1v) is 6.96. The monoisotopic (exact) mass is 254 g/mol. The van der Waals surface area contributed by atoms with Gasteiger partial charge in [0.05, 0.1) is 0 Å². The van der Waals surface area contributed by atoms with Crippen molar-refractivity contribution < 1.29 is 0 Å². The minimum atomic E-state index is 0.452. The van der Waals surface area contributed by atoms with Crippen LogP contribution >= 0.6 is 0 Å². The molecule has 0 saturated heterocycles. The molecule has 2 heterocycles. The number of aromatic nitrogens is 2. The van der Waals surface area contributed by atoms with Crippen LogP contribution in [-0.2, 0) is 6.42 Å². The predicted octanol–water partition coefficient (Wildman–Crippen LogP) is 4.45. The van der Waals surface area contributed by atoms with E-state index in [1.54, 1.807) is 0 Å². The molecular formula is C17H22N2. The molecule has 0 aliphatic carbocycles. The molecule has 0 saturated carbocycles. The summed E-state index contributed by atoms with van der Waals surface area (Å²) in [4.78, 5) is 8.98. The van der Waals surface area contributed by atoms with Crippen molar-refractivity contribution in [3.8, 4) is 11.1 Å². The van der Waals surface area contributed by atoms with Crippen molar-refractivity contribution in [2.75, 3.05) is 0 Å². The Balaban J connectivity index is 2.63.